The summed E-state index contributed by atoms with van der Waals surface area (Å²) in [4.78, 5) is 26.4. The molecule has 0 saturated carbocycles. The van der Waals surface area contributed by atoms with E-state index in [9.17, 15) is 24.9 Å². The van der Waals surface area contributed by atoms with Gasteiger partial charge in [-0.05, 0) is 56.4 Å². The maximum atomic E-state index is 12.5. The number of aryl methyl sites for hydroxylation is 1. The Morgan fingerprint density at radius 2 is 1.77 bits per heavy atom. The van der Waals surface area contributed by atoms with Gasteiger partial charge in [-0.15, -0.1) is 0 Å². The molecule has 2 aromatic carbocycles. The number of amides is 2. The van der Waals surface area contributed by atoms with Gasteiger partial charge in [0.1, 0.15) is 11.7 Å². The number of nitrogens with one attached hydrogen (secondary N) is 1. The summed E-state index contributed by atoms with van der Waals surface area (Å²) < 4.78 is 5.71. The van der Waals surface area contributed by atoms with E-state index in [0.29, 0.717) is 38.1 Å². The van der Waals surface area contributed by atoms with Gasteiger partial charge in [0.15, 0.2) is 0 Å². The Balaban J connectivity index is 1.83. The summed E-state index contributed by atoms with van der Waals surface area (Å²) in [6.07, 6.45) is 1.33. The molecule has 0 radical (unpaired) electrons. The van der Waals surface area contributed by atoms with Crippen LogP contribution >= 0.6 is 0 Å². The van der Waals surface area contributed by atoms with Gasteiger partial charge in [0.25, 0.3) is 0 Å². The van der Waals surface area contributed by atoms with Gasteiger partial charge >= 0.3 is 7.12 Å². The SMILES string of the molecule is CCN(CC)C(=O)C(C#N)CCc1cccc(OCCC(=O)N[C@@H](Cc2ccccc2)B(O)O)c1. The monoisotopic (exact) mass is 479 g/mol. The largest absolute Gasteiger partial charge is 0.493 e. The zero-order chi connectivity index (χ0) is 25.6. The highest BCUT2D eigenvalue weighted by molar-refractivity contribution is 6.43. The van der Waals surface area contributed by atoms with E-state index in [4.69, 9.17) is 4.74 Å². The lowest BCUT2D eigenvalue weighted by Crippen LogP contribution is -2.48. The van der Waals surface area contributed by atoms with Crippen molar-refractivity contribution in [3.8, 4) is 11.8 Å². The number of rotatable bonds is 14. The molecule has 0 saturated heterocycles. The van der Waals surface area contributed by atoms with Crippen LogP contribution in [0.3, 0.4) is 0 Å². The number of benzene rings is 2. The van der Waals surface area contributed by atoms with Crippen molar-refractivity contribution < 1.29 is 24.4 Å². The Bertz CT molecular complexity index is 976. The lowest BCUT2D eigenvalue weighted by molar-refractivity contribution is -0.133. The van der Waals surface area contributed by atoms with E-state index in [2.05, 4.69) is 11.4 Å². The highest BCUT2D eigenvalue weighted by atomic mass is 16.5. The Labute approximate surface area is 207 Å². The fraction of sp³-hybridized carbons (Fsp3) is 0.423. The smallest absolute Gasteiger partial charge is 0.475 e. The van der Waals surface area contributed by atoms with Crippen LogP contribution in [0.2, 0.25) is 0 Å². The van der Waals surface area contributed by atoms with Crippen LogP contribution < -0.4 is 10.1 Å². The third-order valence-corrected chi connectivity index (χ3v) is 5.75. The third kappa shape index (κ3) is 9.43. The van der Waals surface area contributed by atoms with Crippen molar-refractivity contribution in [3.63, 3.8) is 0 Å². The molecule has 2 rings (SSSR count). The minimum Gasteiger partial charge on any atom is -0.493 e. The summed E-state index contributed by atoms with van der Waals surface area (Å²) in [5.41, 5.74) is 1.82. The van der Waals surface area contributed by atoms with Crippen molar-refractivity contribution in [2.75, 3.05) is 19.7 Å². The van der Waals surface area contributed by atoms with E-state index in [1.165, 1.54) is 0 Å². The molecule has 186 valence electrons. The molecule has 35 heavy (non-hydrogen) atoms. The Morgan fingerprint density at radius 3 is 2.40 bits per heavy atom. The highest BCUT2D eigenvalue weighted by Crippen LogP contribution is 2.18. The molecule has 1 unspecified atom stereocenters. The average Bonchev–Trinajstić information content (AvgIpc) is 2.85. The maximum absolute atomic E-state index is 12.5. The van der Waals surface area contributed by atoms with Crippen molar-refractivity contribution in [1.82, 2.24) is 10.2 Å². The average molecular weight is 479 g/mol. The molecule has 8 nitrogen and oxygen atoms in total. The van der Waals surface area contributed by atoms with Crippen molar-refractivity contribution in [1.29, 1.82) is 5.26 Å². The molecule has 0 aliphatic carbocycles. The van der Waals surface area contributed by atoms with Crippen LogP contribution in [0.1, 0.15) is 37.8 Å². The van der Waals surface area contributed by atoms with Gasteiger partial charge in [-0.3, -0.25) is 9.59 Å². The molecular formula is C26H34BN3O5. The Morgan fingerprint density at radius 1 is 1.09 bits per heavy atom. The predicted octanol–water partition coefficient (Wildman–Crippen LogP) is 2.14. The van der Waals surface area contributed by atoms with E-state index < -0.39 is 19.0 Å². The summed E-state index contributed by atoms with van der Waals surface area (Å²) in [6.45, 7) is 5.07. The molecule has 0 aliphatic rings. The van der Waals surface area contributed by atoms with Gasteiger partial charge < -0.3 is 25.0 Å². The van der Waals surface area contributed by atoms with Crippen LogP contribution in [-0.2, 0) is 22.4 Å². The van der Waals surface area contributed by atoms with Crippen LogP contribution in [0.5, 0.6) is 5.75 Å². The molecule has 0 spiro atoms. The first-order valence-electron chi connectivity index (χ1n) is 12.0. The van der Waals surface area contributed by atoms with Gasteiger partial charge in [-0.1, -0.05) is 42.5 Å². The van der Waals surface area contributed by atoms with Gasteiger partial charge in [-0.25, -0.2) is 0 Å². The summed E-state index contributed by atoms with van der Waals surface area (Å²) in [6, 6.07) is 18.8. The number of nitrogens with zero attached hydrogens (tertiary/aromatic N) is 2. The number of nitriles is 1. The van der Waals surface area contributed by atoms with E-state index in [1.54, 1.807) is 11.0 Å². The Hall–Kier alpha value is -3.35. The van der Waals surface area contributed by atoms with E-state index in [1.807, 2.05) is 62.4 Å². The molecule has 0 heterocycles. The second kappa shape index (κ2) is 14.8. The standard InChI is InChI=1S/C26H34BN3O5/c1-3-30(4-2)26(32)22(19-28)14-13-21-11-8-12-23(17-21)35-16-15-25(31)29-24(27(33)34)18-20-9-6-5-7-10-20/h5-12,17,22,24,33-34H,3-4,13-16,18H2,1-2H3,(H,29,31)/t22?,24-/m0/s1. The van der Waals surface area contributed by atoms with Crippen LogP contribution in [0.15, 0.2) is 54.6 Å². The zero-order valence-electron chi connectivity index (χ0n) is 20.4. The predicted molar refractivity (Wildman–Crippen MR) is 134 cm³/mol. The molecule has 0 aromatic heterocycles. The summed E-state index contributed by atoms with van der Waals surface area (Å²) in [7, 11) is -1.68. The number of ether oxygens (including phenoxy) is 1. The van der Waals surface area contributed by atoms with E-state index in [0.717, 1.165) is 11.1 Å². The second-order valence-electron chi connectivity index (χ2n) is 8.25. The van der Waals surface area contributed by atoms with Crippen LogP contribution in [0.4, 0.5) is 0 Å². The van der Waals surface area contributed by atoms with E-state index >= 15 is 0 Å². The maximum Gasteiger partial charge on any atom is 0.475 e. The topological polar surface area (TPSA) is 123 Å². The fourth-order valence-electron chi connectivity index (χ4n) is 3.74. The molecule has 2 amide bonds. The van der Waals surface area contributed by atoms with Gasteiger partial charge in [0, 0.05) is 13.1 Å². The lowest BCUT2D eigenvalue weighted by Gasteiger charge is -2.21. The van der Waals surface area contributed by atoms with Crippen molar-refractivity contribution >= 4 is 18.9 Å². The number of hydrogen-bond donors (Lipinski definition) is 3. The molecular weight excluding hydrogens is 445 g/mol. The quantitative estimate of drug-likeness (QED) is 0.357. The first-order valence-corrected chi connectivity index (χ1v) is 12.0. The Kier molecular flexibility index (Phi) is 11.8. The van der Waals surface area contributed by atoms with Crippen LogP contribution in [0, 0.1) is 17.2 Å². The van der Waals surface area contributed by atoms with Gasteiger partial charge in [-0.2, -0.15) is 5.26 Å². The molecule has 2 aromatic rings. The van der Waals surface area contributed by atoms with Crippen LogP contribution in [0.25, 0.3) is 0 Å². The summed E-state index contributed by atoms with van der Waals surface area (Å²) in [5.74, 6) is -1.41. The molecule has 3 N–H and O–H groups in total. The minimum atomic E-state index is -1.68. The molecule has 0 aliphatic heterocycles. The molecule has 0 bridgehead atoms. The number of carbonyl (C=O) groups is 2. The fourth-order valence-corrected chi connectivity index (χ4v) is 3.74. The summed E-state index contributed by atoms with van der Waals surface area (Å²) >= 11 is 0. The number of carbonyl (C=O) groups excluding carboxylic acids is 2. The second-order valence-corrected chi connectivity index (χ2v) is 8.25. The molecule has 2 atom stereocenters. The zero-order valence-corrected chi connectivity index (χ0v) is 20.4. The first kappa shape index (κ1) is 27.9. The van der Waals surface area contributed by atoms with Crippen molar-refractivity contribution in [2.24, 2.45) is 5.92 Å². The molecule has 9 heteroatoms. The normalized spacial score (nSPS) is 12.2. The first-order chi connectivity index (χ1) is 16.9. The van der Waals surface area contributed by atoms with Gasteiger partial charge in [0.05, 0.1) is 25.0 Å². The minimum absolute atomic E-state index is 0.0527. The van der Waals surface area contributed by atoms with Gasteiger partial charge in [0.2, 0.25) is 11.8 Å². The summed E-state index contributed by atoms with van der Waals surface area (Å²) in [5, 5.41) is 31.3. The number of hydrogen-bond acceptors (Lipinski definition) is 6. The van der Waals surface area contributed by atoms with E-state index in [-0.39, 0.29) is 24.8 Å². The molecule has 0 fully saturated rings. The van der Waals surface area contributed by atoms with Crippen molar-refractivity contribution in [3.05, 3.63) is 65.7 Å². The highest BCUT2D eigenvalue weighted by Gasteiger charge is 2.25. The third-order valence-electron chi connectivity index (χ3n) is 5.75. The van der Waals surface area contributed by atoms with Crippen LogP contribution in [-0.4, -0.2) is 59.5 Å². The van der Waals surface area contributed by atoms with Crippen molar-refractivity contribution in [2.45, 2.75) is 45.5 Å². The lowest BCUT2D eigenvalue weighted by atomic mass is 9.76.